The van der Waals surface area contributed by atoms with Crippen molar-refractivity contribution < 1.29 is 9.53 Å². The smallest absolute Gasteiger partial charge is 0.317 e. The Bertz CT molecular complexity index is 487. The molecule has 1 N–H and O–H groups in total. The summed E-state index contributed by atoms with van der Waals surface area (Å²) in [5.41, 5.74) is 2.45. The van der Waals surface area contributed by atoms with Crippen LogP contribution in [0.2, 0.25) is 0 Å². The van der Waals surface area contributed by atoms with Gasteiger partial charge in [-0.1, -0.05) is 18.2 Å². The maximum atomic E-state index is 12.2. The number of rotatable bonds is 6. The number of anilines is 1. The number of nitrogens with one attached hydrogen (secondary N) is 1. The van der Waals surface area contributed by atoms with Gasteiger partial charge in [-0.05, 0) is 31.4 Å². The zero-order valence-corrected chi connectivity index (χ0v) is 13.8. The minimum absolute atomic E-state index is 0.00813. The molecule has 0 bridgehead atoms. The lowest BCUT2D eigenvalue weighted by Gasteiger charge is -2.25. The van der Waals surface area contributed by atoms with E-state index in [0.717, 1.165) is 13.1 Å². The highest BCUT2D eigenvalue weighted by Crippen LogP contribution is 2.25. The maximum absolute atomic E-state index is 12.2. The molecule has 5 nitrogen and oxygen atoms in total. The summed E-state index contributed by atoms with van der Waals surface area (Å²) in [6, 6.07) is 8.30. The van der Waals surface area contributed by atoms with Gasteiger partial charge < -0.3 is 19.9 Å². The lowest BCUT2D eigenvalue weighted by Crippen LogP contribution is -2.43. The van der Waals surface area contributed by atoms with Gasteiger partial charge in [0.25, 0.3) is 0 Å². The largest absolute Gasteiger partial charge is 0.383 e. The van der Waals surface area contributed by atoms with Crippen LogP contribution in [0.1, 0.15) is 25.3 Å². The number of carbonyl (C=O) groups excluding carboxylic acids is 1. The van der Waals surface area contributed by atoms with Crippen molar-refractivity contribution in [3.63, 3.8) is 0 Å². The Morgan fingerprint density at radius 1 is 1.36 bits per heavy atom. The number of benzene rings is 1. The van der Waals surface area contributed by atoms with Crippen LogP contribution in [-0.4, -0.2) is 50.8 Å². The number of para-hydroxylation sites is 1. The van der Waals surface area contributed by atoms with E-state index in [4.69, 9.17) is 4.74 Å². The average Bonchev–Trinajstić information content (AvgIpc) is 3.02. The average molecular weight is 305 g/mol. The van der Waals surface area contributed by atoms with Crippen LogP contribution in [0.4, 0.5) is 10.5 Å². The van der Waals surface area contributed by atoms with Crippen LogP contribution in [0.15, 0.2) is 24.3 Å². The molecular weight excluding hydrogens is 278 g/mol. The molecule has 5 heteroatoms. The second kappa shape index (κ2) is 8.03. The number of nitrogens with zero attached hydrogens (tertiary/aromatic N) is 2. The van der Waals surface area contributed by atoms with Crippen LogP contribution < -0.4 is 10.2 Å². The SMILES string of the molecule is COCC(C)NC(=O)N(C)Cc1ccccc1N1CCCC1. The Labute approximate surface area is 133 Å². The molecule has 1 aromatic rings. The van der Waals surface area contributed by atoms with Crippen molar-refractivity contribution in [1.82, 2.24) is 10.2 Å². The Balaban J connectivity index is 1.99. The highest BCUT2D eigenvalue weighted by Gasteiger charge is 2.18. The van der Waals surface area contributed by atoms with Crippen LogP contribution in [0.5, 0.6) is 0 Å². The Morgan fingerprint density at radius 2 is 2.05 bits per heavy atom. The summed E-state index contributed by atoms with van der Waals surface area (Å²) in [5.74, 6) is 0. The van der Waals surface area contributed by atoms with Gasteiger partial charge in [-0.25, -0.2) is 4.79 Å². The van der Waals surface area contributed by atoms with Gasteiger partial charge in [0.15, 0.2) is 0 Å². The van der Waals surface area contributed by atoms with Gasteiger partial charge in [0.05, 0.1) is 12.6 Å². The van der Waals surface area contributed by atoms with E-state index in [1.807, 2.05) is 20.0 Å². The summed E-state index contributed by atoms with van der Waals surface area (Å²) >= 11 is 0. The summed E-state index contributed by atoms with van der Waals surface area (Å²) in [6.07, 6.45) is 2.50. The molecule has 2 amide bonds. The monoisotopic (exact) mass is 305 g/mol. The summed E-state index contributed by atoms with van der Waals surface area (Å²) in [6.45, 7) is 5.28. The molecule has 0 aliphatic carbocycles. The predicted molar refractivity (Wildman–Crippen MR) is 89.2 cm³/mol. The van der Waals surface area contributed by atoms with E-state index in [1.165, 1.54) is 24.1 Å². The first-order valence-electron chi connectivity index (χ1n) is 7.95. The topological polar surface area (TPSA) is 44.8 Å². The third-order valence-corrected chi connectivity index (χ3v) is 3.98. The standard InChI is InChI=1S/C17H27N3O2/c1-14(13-22-3)18-17(21)19(2)12-15-8-4-5-9-16(15)20-10-6-7-11-20/h4-5,8-9,14H,6-7,10-13H2,1-3H3,(H,18,21). The second-order valence-electron chi connectivity index (χ2n) is 5.98. The minimum atomic E-state index is -0.0687. The van der Waals surface area contributed by atoms with Gasteiger partial charge in [-0.3, -0.25) is 0 Å². The highest BCUT2D eigenvalue weighted by atomic mass is 16.5. The highest BCUT2D eigenvalue weighted by molar-refractivity contribution is 5.74. The van der Waals surface area contributed by atoms with Crippen LogP contribution in [-0.2, 0) is 11.3 Å². The van der Waals surface area contributed by atoms with Crippen molar-refractivity contribution in [2.45, 2.75) is 32.4 Å². The normalized spacial score (nSPS) is 15.7. The number of hydrogen-bond donors (Lipinski definition) is 1. The van der Waals surface area contributed by atoms with Crippen LogP contribution in [0.25, 0.3) is 0 Å². The molecule has 0 saturated carbocycles. The van der Waals surface area contributed by atoms with Crippen molar-refractivity contribution in [3.05, 3.63) is 29.8 Å². The fraction of sp³-hybridized carbons (Fsp3) is 0.588. The van der Waals surface area contributed by atoms with Gasteiger partial charge in [0, 0.05) is 39.5 Å². The Morgan fingerprint density at radius 3 is 2.73 bits per heavy atom. The van der Waals surface area contributed by atoms with E-state index in [0.29, 0.717) is 13.2 Å². The predicted octanol–water partition coefficient (Wildman–Crippen LogP) is 2.46. The molecule has 1 atom stereocenters. The van der Waals surface area contributed by atoms with E-state index >= 15 is 0 Å². The molecule has 1 aliphatic rings. The van der Waals surface area contributed by atoms with E-state index in [1.54, 1.807) is 12.0 Å². The van der Waals surface area contributed by atoms with Crippen LogP contribution >= 0.6 is 0 Å². The molecule has 0 aromatic heterocycles. The minimum Gasteiger partial charge on any atom is -0.383 e. The van der Waals surface area contributed by atoms with Crippen molar-refractivity contribution in [2.75, 3.05) is 38.8 Å². The lowest BCUT2D eigenvalue weighted by molar-refractivity contribution is 0.162. The molecule has 0 spiro atoms. The number of amides is 2. The quantitative estimate of drug-likeness (QED) is 0.878. The molecule has 1 unspecified atom stereocenters. The summed E-state index contributed by atoms with van der Waals surface area (Å²) in [4.78, 5) is 16.3. The lowest BCUT2D eigenvalue weighted by atomic mass is 10.1. The summed E-state index contributed by atoms with van der Waals surface area (Å²) < 4.78 is 5.05. The Hall–Kier alpha value is -1.75. The van der Waals surface area contributed by atoms with Gasteiger partial charge in [0.1, 0.15) is 0 Å². The molecule has 1 aliphatic heterocycles. The number of carbonyl (C=O) groups is 1. The summed E-state index contributed by atoms with van der Waals surface area (Å²) in [5, 5.41) is 2.94. The molecular formula is C17H27N3O2. The third-order valence-electron chi connectivity index (χ3n) is 3.98. The van der Waals surface area contributed by atoms with Crippen LogP contribution in [0.3, 0.4) is 0 Å². The van der Waals surface area contributed by atoms with E-state index in [9.17, 15) is 4.79 Å². The molecule has 1 saturated heterocycles. The third kappa shape index (κ3) is 4.37. The number of hydrogen-bond acceptors (Lipinski definition) is 3. The van der Waals surface area contributed by atoms with E-state index < -0.39 is 0 Å². The van der Waals surface area contributed by atoms with E-state index in [2.05, 4.69) is 28.4 Å². The van der Waals surface area contributed by atoms with Gasteiger partial charge in [-0.15, -0.1) is 0 Å². The molecule has 22 heavy (non-hydrogen) atoms. The zero-order valence-electron chi connectivity index (χ0n) is 13.8. The molecule has 1 fully saturated rings. The fourth-order valence-corrected chi connectivity index (χ4v) is 2.85. The molecule has 1 aromatic carbocycles. The molecule has 1 heterocycles. The second-order valence-corrected chi connectivity index (χ2v) is 5.98. The first-order chi connectivity index (χ1) is 10.6. The zero-order chi connectivity index (χ0) is 15.9. The first-order valence-corrected chi connectivity index (χ1v) is 7.95. The first kappa shape index (κ1) is 16.6. The molecule has 0 radical (unpaired) electrons. The fourth-order valence-electron chi connectivity index (χ4n) is 2.85. The van der Waals surface area contributed by atoms with Gasteiger partial charge >= 0.3 is 6.03 Å². The van der Waals surface area contributed by atoms with Crippen molar-refractivity contribution >= 4 is 11.7 Å². The molecule has 2 rings (SSSR count). The molecule has 122 valence electrons. The number of urea groups is 1. The van der Waals surface area contributed by atoms with Crippen molar-refractivity contribution in [1.29, 1.82) is 0 Å². The maximum Gasteiger partial charge on any atom is 0.317 e. The van der Waals surface area contributed by atoms with Gasteiger partial charge in [0.2, 0.25) is 0 Å². The number of methoxy groups -OCH3 is 1. The summed E-state index contributed by atoms with van der Waals surface area (Å²) in [7, 11) is 3.47. The van der Waals surface area contributed by atoms with Crippen molar-refractivity contribution in [2.24, 2.45) is 0 Å². The number of ether oxygens (including phenoxy) is 1. The van der Waals surface area contributed by atoms with Gasteiger partial charge in [-0.2, -0.15) is 0 Å². The van der Waals surface area contributed by atoms with Crippen LogP contribution in [0, 0.1) is 0 Å². The Kier molecular flexibility index (Phi) is 6.07. The van der Waals surface area contributed by atoms with E-state index in [-0.39, 0.29) is 12.1 Å². The van der Waals surface area contributed by atoms with Crippen molar-refractivity contribution in [3.8, 4) is 0 Å².